The van der Waals surface area contributed by atoms with Crippen molar-refractivity contribution in [3.05, 3.63) is 59.7 Å². The van der Waals surface area contributed by atoms with Crippen molar-refractivity contribution in [3.63, 3.8) is 0 Å². The molecular formula is C21H30N4O. The molecule has 2 N–H and O–H groups in total. The van der Waals surface area contributed by atoms with Crippen LogP contribution in [0.1, 0.15) is 18.1 Å². The van der Waals surface area contributed by atoms with Gasteiger partial charge >= 0.3 is 0 Å². The first-order valence-corrected chi connectivity index (χ1v) is 9.05. The van der Waals surface area contributed by atoms with Crippen LogP contribution in [-0.4, -0.2) is 40.3 Å². The third-order valence-corrected chi connectivity index (χ3v) is 4.10. The van der Waals surface area contributed by atoms with Crippen LogP contribution in [0.3, 0.4) is 0 Å². The Bertz CT molecular complexity index is 695. The molecule has 0 atom stereocenters. The SMILES string of the molecule is CCOc1ccccc1CNC(=NC)NCCc1ccc(N(C)C)cc1. The molecule has 2 aromatic rings. The summed E-state index contributed by atoms with van der Waals surface area (Å²) < 4.78 is 5.66. The molecule has 0 aliphatic rings. The fraction of sp³-hybridized carbons (Fsp3) is 0.381. The summed E-state index contributed by atoms with van der Waals surface area (Å²) >= 11 is 0. The van der Waals surface area contributed by atoms with E-state index >= 15 is 0 Å². The maximum absolute atomic E-state index is 5.66. The van der Waals surface area contributed by atoms with Crippen molar-refractivity contribution in [3.8, 4) is 5.75 Å². The van der Waals surface area contributed by atoms with Gasteiger partial charge in [0.1, 0.15) is 5.75 Å². The average molecular weight is 354 g/mol. The van der Waals surface area contributed by atoms with Gasteiger partial charge in [0.2, 0.25) is 0 Å². The zero-order chi connectivity index (χ0) is 18.8. The van der Waals surface area contributed by atoms with Crippen LogP contribution in [0.4, 0.5) is 5.69 Å². The Kier molecular flexibility index (Phi) is 7.80. The number of benzene rings is 2. The summed E-state index contributed by atoms with van der Waals surface area (Å²) in [5.41, 5.74) is 3.64. The first-order chi connectivity index (χ1) is 12.6. The minimum Gasteiger partial charge on any atom is -0.494 e. The van der Waals surface area contributed by atoms with Crippen LogP contribution in [0.15, 0.2) is 53.5 Å². The van der Waals surface area contributed by atoms with Crippen molar-refractivity contribution in [2.75, 3.05) is 39.2 Å². The number of ether oxygens (including phenoxy) is 1. The maximum Gasteiger partial charge on any atom is 0.191 e. The van der Waals surface area contributed by atoms with Crippen molar-refractivity contribution in [1.82, 2.24) is 10.6 Å². The number of anilines is 1. The Hall–Kier alpha value is -2.69. The van der Waals surface area contributed by atoms with E-state index in [1.807, 2.05) is 25.1 Å². The fourth-order valence-corrected chi connectivity index (χ4v) is 2.63. The van der Waals surface area contributed by atoms with Crippen LogP contribution < -0.4 is 20.3 Å². The van der Waals surface area contributed by atoms with Crippen LogP contribution in [0.2, 0.25) is 0 Å². The molecule has 0 aliphatic heterocycles. The molecule has 2 aromatic carbocycles. The summed E-state index contributed by atoms with van der Waals surface area (Å²) in [6.07, 6.45) is 0.948. The summed E-state index contributed by atoms with van der Waals surface area (Å²) in [6.45, 7) is 4.16. The molecule has 0 fully saturated rings. The Labute approximate surface area is 157 Å². The Morgan fingerprint density at radius 1 is 1.04 bits per heavy atom. The molecule has 0 aliphatic carbocycles. The summed E-state index contributed by atoms with van der Waals surface area (Å²) in [6, 6.07) is 16.7. The third-order valence-electron chi connectivity index (χ3n) is 4.10. The second-order valence-corrected chi connectivity index (χ2v) is 6.20. The monoisotopic (exact) mass is 354 g/mol. The standard InChI is InChI=1S/C21H30N4O/c1-5-26-20-9-7-6-8-18(20)16-24-21(22-2)23-15-14-17-10-12-19(13-11-17)25(3)4/h6-13H,5,14-16H2,1-4H3,(H2,22,23,24). The summed E-state index contributed by atoms with van der Waals surface area (Å²) in [4.78, 5) is 6.40. The molecule has 0 saturated carbocycles. The van der Waals surface area contributed by atoms with E-state index in [0.29, 0.717) is 13.2 Å². The van der Waals surface area contributed by atoms with Gasteiger partial charge in [-0.25, -0.2) is 0 Å². The first kappa shape index (κ1) is 19.6. The van der Waals surface area contributed by atoms with Crippen LogP contribution in [0.25, 0.3) is 0 Å². The largest absolute Gasteiger partial charge is 0.494 e. The van der Waals surface area contributed by atoms with Gasteiger partial charge in [-0.15, -0.1) is 0 Å². The highest BCUT2D eigenvalue weighted by Gasteiger charge is 2.04. The number of rotatable bonds is 8. The van der Waals surface area contributed by atoms with Crippen molar-refractivity contribution < 1.29 is 4.74 Å². The molecule has 0 saturated heterocycles. The minimum absolute atomic E-state index is 0.663. The fourth-order valence-electron chi connectivity index (χ4n) is 2.63. The number of aliphatic imine (C=N–C) groups is 1. The lowest BCUT2D eigenvalue weighted by Crippen LogP contribution is -2.37. The molecule has 0 radical (unpaired) electrons. The predicted octanol–water partition coefficient (Wildman–Crippen LogP) is 3.06. The van der Waals surface area contributed by atoms with Gasteiger partial charge in [-0.3, -0.25) is 4.99 Å². The van der Waals surface area contributed by atoms with Crippen LogP contribution >= 0.6 is 0 Å². The quantitative estimate of drug-likeness (QED) is 0.565. The zero-order valence-electron chi connectivity index (χ0n) is 16.2. The van der Waals surface area contributed by atoms with Crippen molar-refractivity contribution in [2.24, 2.45) is 4.99 Å². The lowest BCUT2D eigenvalue weighted by atomic mass is 10.1. The van der Waals surface area contributed by atoms with E-state index in [4.69, 9.17) is 4.74 Å². The molecule has 0 heterocycles. The van der Waals surface area contributed by atoms with E-state index in [1.54, 1.807) is 7.05 Å². The topological polar surface area (TPSA) is 48.9 Å². The Morgan fingerprint density at radius 2 is 1.77 bits per heavy atom. The van der Waals surface area contributed by atoms with E-state index < -0.39 is 0 Å². The van der Waals surface area contributed by atoms with Gasteiger partial charge in [-0.05, 0) is 37.1 Å². The Morgan fingerprint density at radius 3 is 2.42 bits per heavy atom. The van der Waals surface area contributed by atoms with E-state index in [1.165, 1.54) is 11.3 Å². The third kappa shape index (κ3) is 5.99. The van der Waals surface area contributed by atoms with E-state index in [-0.39, 0.29) is 0 Å². The van der Waals surface area contributed by atoms with Crippen LogP contribution in [-0.2, 0) is 13.0 Å². The molecule has 0 aromatic heterocycles. The number of hydrogen-bond acceptors (Lipinski definition) is 3. The zero-order valence-corrected chi connectivity index (χ0v) is 16.2. The van der Waals surface area contributed by atoms with Crippen molar-refractivity contribution in [2.45, 2.75) is 19.9 Å². The molecule has 5 heteroatoms. The van der Waals surface area contributed by atoms with Gasteiger partial charge in [0.15, 0.2) is 5.96 Å². The van der Waals surface area contributed by atoms with Gasteiger partial charge in [0.25, 0.3) is 0 Å². The molecule has 0 amide bonds. The van der Waals surface area contributed by atoms with E-state index in [2.05, 4.69) is 65.0 Å². The maximum atomic E-state index is 5.66. The van der Waals surface area contributed by atoms with E-state index in [0.717, 1.165) is 30.2 Å². The molecule has 0 unspecified atom stereocenters. The molecule has 2 rings (SSSR count). The molecule has 0 spiro atoms. The second kappa shape index (κ2) is 10.3. The number of hydrogen-bond donors (Lipinski definition) is 2. The van der Waals surface area contributed by atoms with Gasteiger partial charge in [-0.2, -0.15) is 0 Å². The van der Waals surface area contributed by atoms with E-state index in [9.17, 15) is 0 Å². The van der Waals surface area contributed by atoms with Gasteiger partial charge in [0, 0.05) is 45.5 Å². The Balaban J connectivity index is 1.81. The highest BCUT2D eigenvalue weighted by molar-refractivity contribution is 5.79. The average Bonchev–Trinajstić information content (AvgIpc) is 2.66. The smallest absolute Gasteiger partial charge is 0.191 e. The summed E-state index contributed by atoms with van der Waals surface area (Å²) in [5, 5.41) is 6.71. The number of nitrogens with zero attached hydrogens (tertiary/aromatic N) is 2. The lowest BCUT2D eigenvalue weighted by molar-refractivity contribution is 0.336. The minimum atomic E-state index is 0.663. The molecular weight excluding hydrogens is 324 g/mol. The second-order valence-electron chi connectivity index (χ2n) is 6.20. The predicted molar refractivity (Wildman–Crippen MR) is 110 cm³/mol. The van der Waals surface area contributed by atoms with Gasteiger partial charge < -0.3 is 20.3 Å². The number of para-hydroxylation sites is 1. The number of nitrogens with one attached hydrogen (secondary N) is 2. The molecule has 140 valence electrons. The van der Waals surface area contributed by atoms with Gasteiger partial charge in [-0.1, -0.05) is 30.3 Å². The first-order valence-electron chi connectivity index (χ1n) is 9.05. The summed E-state index contributed by atoms with van der Waals surface area (Å²) in [7, 11) is 5.89. The number of guanidine groups is 1. The van der Waals surface area contributed by atoms with Crippen molar-refractivity contribution in [1.29, 1.82) is 0 Å². The summed E-state index contributed by atoms with van der Waals surface area (Å²) in [5.74, 6) is 1.71. The van der Waals surface area contributed by atoms with Crippen LogP contribution in [0.5, 0.6) is 5.75 Å². The lowest BCUT2D eigenvalue weighted by Gasteiger charge is -2.15. The van der Waals surface area contributed by atoms with Crippen molar-refractivity contribution >= 4 is 11.6 Å². The highest BCUT2D eigenvalue weighted by atomic mass is 16.5. The van der Waals surface area contributed by atoms with Crippen LogP contribution in [0, 0.1) is 0 Å². The normalized spacial score (nSPS) is 11.2. The molecule has 0 bridgehead atoms. The molecule has 5 nitrogen and oxygen atoms in total. The highest BCUT2D eigenvalue weighted by Crippen LogP contribution is 2.17. The molecule has 26 heavy (non-hydrogen) atoms. The van der Waals surface area contributed by atoms with Gasteiger partial charge in [0.05, 0.1) is 6.61 Å².